The lowest BCUT2D eigenvalue weighted by atomic mass is 10.4. The van der Waals surface area contributed by atoms with Crippen molar-refractivity contribution in [3.05, 3.63) is 23.9 Å². The molecule has 0 saturated heterocycles. The van der Waals surface area contributed by atoms with Gasteiger partial charge in [0.15, 0.2) is 0 Å². The highest BCUT2D eigenvalue weighted by atomic mass is 19.1. The average Bonchev–Trinajstić information content (AvgIpc) is 2.17. The lowest BCUT2D eigenvalue weighted by Crippen LogP contribution is -2.03. The van der Waals surface area contributed by atoms with Crippen LogP contribution in [0.25, 0.3) is 0 Å². The quantitative estimate of drug-likeness (QED) is 0.647. The number of hydrogen-bond donors (Lipinski definition) is 1. The van der Waals surface area contributed by atoms with Crippen molar-refractivity contribution in [2.45, 2.75) is 6.54 Å². The Balaban J connectivity index is 2.61. The van der Waals surface area contributed by atoms with E-state index in [0.717, 1.165) is 0 Å². The summed E-state index contributed by atoms with van der Waals surface area (Å²) in [5.74, 6) is 0.620. The Morgan fingerprint density at radius 3 is 2.89 bits per heavy atom. The summed E-state index contributed by atoms with van der Waals surface area (Å²) >= 11 is 0. The van der Waals surface area contributed by atoms with E-state index in [2.05, 4.69) is 9.73 Å². The molecule has 0 spiro atoms. The van der Waals surface area contributed by atoms with E-state index in [0.29, 0.717) is 12.3 Å². The molecule has 0 aliphatic rings. The maximum absolute atomic E-state index is 12.1. The summed E-state index contributed by atoms with van der Waals surface area (Å²) in [5.41, 5.74) is 0. The van der Waals surface area contributed by atoms with Gasteiger partial charge in [0.05, 0.1) is 6.54 Å². The number of halogens is 1. The van der Waals surface area contributed by atoms with Gasteiger partial charge in [-0.3, -0.25) is 0 Å². The Labute approximate surface area is 52.7 Å². The van der Waals surface area contributed by atoms with E-state index in [1.807, 2.05) is 0 Å². The van der Waals surface area contributed by atoms with Crippen molar-refractivity contribution in [3.8, 4) is 0 Å². The highest BCUT2D eigenvalue weighted by molar-refractivity contribution is 4.98. The van der Waals surface area contributed by atoms with Crippen molar-refractivity contribution in [2.75, 3.05) is 7.05 Å². The fourth-order valence-electron chi connectivity index (χ4n) is 0.621. The third kappa shape index (κ3) is 1.54. The molecule has 3 heteroatoms. The number of hydrogen-bond acceptors (Lipinski definition) is 2. The molecule has 0 aromatic carbocycles. The Morgan fingerprint density at radius 1 is 1.67 bits per heavy atom. The molecular formula is C6H8FNO. The summed E-state index contributed by atoms with van der Waals surface area (Å²) in [7, 11) is 1.78. The summed E-state index contributed by atoms with van der Waals surface area (Å²) in [6.45, 7) is 0.573. The summed E-state index contributed by atoms with van der Waals surface area (Å²) in [4.78, 5) is 0. The fraction of sp³-hybridized carbons (Fsp3) is 0.333. The third-order valence-electron chi connectivity index (χ3n) is 0.980. The Morgan fingerprint density at radius 2 is 2.44 bits per heavy atom. The van der Waals surface area contributed by atoms with E-state index in [9.17, 15) is 4.39 Å². The molecule has 1 rings (SSSR count). The first-order valence-corrected chi connectivity index (χ1v) is 2.72. The summed E-state index contributed by atoms with van der Waals surface area (Å²) in [6.07, 6.45) is 0. The van der Waals surface area contributed by atoms with E-state index >= 15 is 0 Å². The minimum Gasteiger partial charge on any atom is -0.435 e. The largest absolute Gasteiger partial charge is 0.435 e. The van der Waals surface area contributed by atoms with Crippen LogP contribution in [0.15, 0.2) is 16.5 Å². The van der Waals surface area contributed by atoms with Gasteiger partial charge in [0.25, 0.3) is 6.01 Å². The summed E-state index contributed by atoms with van der Waals surface area (Å²) < 4.78 is 16.7. The minimum absolute atomic E-state index is 0.528. The predicted octanol–water partition coefficient (Wildman–Crippen LogP) is 1.14. The predicted molar refractivity (Wildman–Crippen MR) is 31.4 cm³/mol. The molecular weight excluding hydrogens is 121 g/mol. The molecule has 1 aromatic heterocycles. The van der Waals surface area contributed by atoms with Gasteiger partial charge >= 0.3 is 0 Å². The van der Waals surface area contributed by atoms with Crippen LogP contribution in [0.1, 0.15) is 5.76 Å². The Bertz CT molecular complexity index is 185. The maximum atomic E-state index is 12.1. The molecule has 2 nitrogen and oxygen atoms in total. The van der Waals surface area contributed by atoms with Gasteiger partial charge < -0.3 is 9.73 Å². The van der Waals surface area contributed by atoms with Gasteiger partial charge in [-0.2, -0.15) is 4.39 Å². The maximum Gasteiger partial charge on any atom is 0.277 e. The van der Waals surface area contributed by atoms with Gasteiger partial charge in [-0.15, -0.1) is 0 Å². The molecule has 1 heterocycles. The van der Waals surface area contributed by atoms with E-state index in [1.54, 1.807) is 13.1 Å². The molecule has 9 heavy (non-hydrogen) atoms. The molecule has 0 atom stereocenters. The van der Waals surface area contributed by atoms with Crippen molar-refractivity contribution in [2.24, 2.45) is 0 Å². The van der Waals surface area contributed by atoms with Crippen LogP contribution in [0.3, 0.4) is 0 Å². The van der Waals surface area contributed by atoms with Crippen LogP contribution in [0, 0.1) is 6.01 Å². The molecule has 0 amide bonds. The number of rotatable bonds is 2. The van der Waals surface area contributed by atoms with Crippen LogP contribution in [0.5, 0.6) is 0 Å². The zero-order valence-corrected chi connectivity index (χ0v) is 5.15. The molecule has 0 aliphatic carbocycles. The molecule has 1 N–H and O–H groups in total. The van der Waals surface area contributed by atoms with Crippen molar-refractivity contribution < 1.29 is 8.81 Å². The molecule has 0 radical (unpaired) electrons. The second-order valence-corrected chi connectivity index (χ2v) is 1.74. The first-order chi connectivity index (χ1) is 4.33. The minimum atomic E-state index is -0.528. The summed E-state index contributed by atoms with van der Waals surface area (Å²) in [5, 5.41) is 2.84. The molecule has 0 bridgehead atoms. The second kappa shape index (κ2) is 2.64. The van der Waals surface area contributed by atoms with Crippen LogP contribution in [0.2, 0.25) is 0 Å². The fourth-order valence-corrected chi connectivity index (χ4v) is 0.621. The van der Waals surface area contributed by atoms with E-state index in [-0.39, 0.29) is 0 Å². The van der Waals surface area contributed by atoms with E-state index in [4.69, 9.17) is 0 Å². The number of furan rings is 1. The van der Waals surface area contributed by atoms with Crippen LogP contribution in [0.4, 0.5) is 4.39 Å². The van der Waals surface area contributed by atoms with Gasteiger partial charge in [0, 0.05) is 6.07 Å². The third-order valence-corrected chi connectivity index (χ3v) is 0.980. The van der Waals surface area contributed by atoms with Crippen molar-refractivity contribution in [1.29, 1.82) is 0 Å². The van der Waals surface area contributed by atoms with E-state index in [1.165, 1.54) is 6.07 Å². The van der Waals surface area contributed by atoms with Crippen LogP contribution in [-0.2, 0) is 6.54 Å². The highest BCUT2D eigenvalue weighted by Gasteiger charge is 1.96. The van der Waals surface area contributed by atoms with Gasteiger partial charge in [0.1, 0.15) is 5.76 Å². The van der Waals surface area contributed by atoms with Crippen LogP contribution in [-0.4, -0.2) is 7.05 Å². The van der Waals surface area contributed by atoms with Gasteiger partial charge in [-0.1, -0.05) is 0 Å². The smallest absolute Gasteiger partial charge is 0.277 e. The number of nitrogens with one attached hydrogen (secondary N) is 1. The highest BCUT2D eigenvalue weighted by Crippen LogP contribution is 2.03. The van der Waals surface area contributed by atoms with Crippen molar-refractivity contribution in [3.63, 3.8) is 0 Å². The molecule has 50 valence electrons. The topological polar surface area (TPSA) is 25.2 Å². The van der Waals surface area contributed by atoms with E-state index < -0.39 is 6.01 Å². The van der Waals surface area contributed by atoms with Crippen molar-refractivity contribution >= 4 is 0 Å². The lowest BCUT2D eigenvalue weighted by molar-refractivity contribution is 0.334. The zero-order valence-electron chi connectivity index (χ0n) is 5.15. The molecule has 0 saturated carbocycles. The standard InChI is InChI=1S/C6H8FNO/c1-8-4-5-2-3-6(7)9-5/h2-3,8H,4H2,1H3. The first kappa shape index (κ1) is 6.29. The van der Waals surface area contributed by atoms with Crippen LogP contribution < -0.4 is 5.32 Å². The zero-order chi connectivity index (χ0) is 6.69. The Hall–Kier alpha value is -0.830. The Kier molecular flexibility index (Phi) is 1.85. The summed E-state index contributed by atoms with van der Waals surface area (Å²) in [6, 6.07) is 2.37. The average molecular weight is 129 g/mol. The van der Waals surface area contributed by atoms with Gasteiger partial charge in [-0.05, 0) is 13.1 Å². The SMILES string of the molecule is CNCc1ccc(F)o1. The van der Waals surface area contributed by atoms with Crippen LogP contribution >= 0.6 is 0 Å². The first-order valence-electron chi connectivity index (χ1n) is 2.72. The van der Waals surface area contributed by atoms with Crippen molar-refractivity contribution in [1.82, 2.24) is 5.32 Å². The second-order valence-electron chi connectivity index (χ2n) is 1.74. The van der Waals surface area contributed by atoms with Gasteiger partial charge in [0.2, 0.25) is 0 Å². The normalized spacial score (nSPS) is 10.0. The molecule has 0 unspecified atom stereocenters. The molecule has 1 aromatic rings. The monoisotopic (exact) mass is 129 g/mol. The van der Waals surface area contributed by atoms with Gasteiger partial charge in [-0.25, -0.2) is 0 Å². The lowest BCUT2D eigenvalue weighted by Gasteiger charge is -1.89. The molecule has 0 fully saturated rings. The molecule has 0 aliphatic heterocycles.